The number of hydrogen-bond acceptors (Lipinski definition) is 8. The number of rotatable bonds is 67. The molecule has 10 heteroatoms. The molecule has 0 aromatic heterocycles. The third-order valence-electron chi connectivity index (χ3n) is 15.5. The Kier molecular flexibility index (Phi) is 67.5. The molecule has 0 amide bonds. The van der Waals surface area contributed by atoms with Gasteiger partial charge in [0.15, 0.2) is 6.10 Å². The maximum absolute atomic E-state index is 12.8. The predicted octanol–water partition coefficient (Wildman–Crippen LogP) is 23.5. The zero-order valence-corrected chi connectivity index (χ0v) is 56.2. The molecule has 0 saturated carbocycles. The van der Waals surface area contributed by atoms with Crippen LogP contribution >= 0.6 is 7.82 Å². The normalized spacial score (nSPS) is 13.5. The highest BCUT2D eigenvalue weighted by Crippen LogP contribution is 2.43. The third-order valence-corrected chi connectivity index (χ3v) is 16.4. The molecule has 0 aliphatic carbocycles. The van der Waals surface area contributed by atoms with E-state index < -0.39 is 26.5 Å². The summed E-state index contributed by atoms with van der Waals surface area (Å²) in [6.45, 7) is 3.66. The van der Waals surface area contributed by atoms with Crippen LogP contribution in [0.1, 0.15) is 335 Å². The molecule has 0 aliphatic heterocycles. The summed E-state index contributed by atoms with van der Waals surface area (Å²) in [5, 5.41) is 0. The Hall–Kier alpha value is -3.07. The first-order chi connectivity index (χ1) is 41.8. The van der Waals surface area contributed by atoms with Crippen molar-refractivity contribution >= 4 is 19.8 Å². The molecule has 0 aromatic rings. The van der Waals surface area contributed by atoms with Gasteiger partial charge in [-0.3, -0.25) is 18.6 Å². The Balaban J connectivity index is 3.88. The highest BCUT2D eigenvalue weighted by Gasteiger charge is 2.26. The Morgan fingerprint density at radius 1 is 0.365 bits per heavy atom. The smallest absolute Gasteiger partial charge is 0.462 e. The molecule has 0 aliphatic rings. The number of nitrogens with two attached hydrogens (primary N) is 1. The second-order valence-electron chi connectivity index (χ2n) is 23.7. The van der Waals surface area contributed by atoms with Crippen LogP contribution in [0.25, 0.3) is 0 Å². The monoisotopic (exact) mass is 1210 g/mol. The zero-order chi connectivity index (χ0) is 61.6. The fourth-order valence-corrected chi connectivity index (χ4v) is 11.0. The number of phosphoric acid groups is 1. The Morgan fingerprint density at radius 2 is 0.647 bits per heavy atom. The van der Waals surface area contributed by atoms with Crippen LogP contribution in [-0.4, -0.2) is 49.3 Å². The first-order valence-electron chi connectivity index (χ1n) is 35.7. The molecule has 85 heavy (non-hydrogen) atoms. The fraction of sp³-hybridized carbons (Fsp3) is 0.760. The molecular formula is C75H134NO8P. The van der Waals surface area contributed by atoms with E-state index in [4.69, 9.17) is 24.3 Å². The van der Waals surface area contributed by atoms with E-state index in [-0.39, 0.29) is 38.6 Å². The number of esters is 2. The number of carbonyl (C=O) groups is 2. The van der Waals surface area contributed by atoms with E-state index in [0.717, 1.165) is 89.9 Å². The van der Waals surface area contributed by atoms with Crippen molar-refractivity contribution in [2.24, 2.45) is 5.73 Å². The second kappa shape index (κ2) is 70.0. The molecule has 9 nitrogen and oxygen atoms in total. The minimum absolute atomic E-state index is 0.0496. The summed E-state index contributed by atoms with van der Waals surface area (Å²) in [6.07, 6.45) is 95.1. The van der Waals surface area contributed by atoms with E-state index in [9.17, 15) is 19.0 Å². The van der Waals surface area contributed by atoms with Gasteiger partial charge in [-0.2, -0.15) is 0 Å². The second-order valence-corrected chi connectivity index (χ2v) is 25.2. The molecule has 0 saturated heterocycles. The van der Waals surface area contributed by atoms with E-state index in [1.807, 2.05) is 0 Å². The van der Waals surface area contributed by atoms with Crippen molar-refractivity contribution in [1.82, 2.24) is 0 Å². The summed E-state index contributed by atoms with van der Waals surface area (Å²) in [6, 6.07) is 0. The Morgan fingerprint density at radius 3 is 0.976 bits per heavy atom. The van der Waals surface area contributed by atoms with Gasteiger partial charge in [0.05, 0.1) is 13.2 Å². The lowest BCUT2D eigenvalue weighted by Gasteiger charge is -2.19. The van der Waals surface area contributed by atoms with Crippen molar-refractivity contribution in [3.05, 3.63) is 97.2 Å². The number of phosphoric ester groups is 1. The largest absolute Gasteiger partial charge is 0.472 e. The molecular weight excluding hydrogens is 1070 g/mol. The standard InChI is InChI=1S/C75H134NO8P/c1-3-5-7-9-11-13-15-17-19-21-23-25-27-29-31-33-35-36-38-39-41-43-45-47-49-51-53-55-57-59-61-63-65-67-74(77)81-71-73(72-83-85(79,80)82-70-69-76)84-75(78)68-66-64-62-60-58-56-54-52-50-48-46-44-42-40-37-34-32-30-28-26-24-22-20-18-16-14-12-10-8-6-4-2/h6,8,12,14,18,20-21,23-24,26,30,32,37,40,44,46,73H,3-5,7,9-11,13,15-17,19,22,25,27-29,31,33-36,38-39,41-43,45,47-72,76H2,1-2H3,(H,79,80)/b8-6-,14-12-,20-18-,23-21-,26-24-,32-30-,40-37-,46-44-. The van der Waals surface area contributed by atoms with Crippen LogP contribution in [0.5, 0.6) is 0 Å². The predicted molar refractivity (Wildman–Crippen MR) is 367 cm³/mol. The third kappa shape index (κ3) is 69.9. The van der Waals surface area contributed by atoms with Crippen LogP contribution in [-0.2, 0) is 32.7 Å². The van der Waals surface area contributed by atoms with Crippen LogP contribution in [0, 0.1) is 0 Å². The summed E-state index contributed by atoms with van der Waals surface area (Å²) in [5.74, 6) is -0.826. The van der Waals surface area contributed by atoms with Gasteiger partial charge < -0.3 is 20.1 Å². The topological polar surface area (TPSA) is 134 Å². The summed E-state index contributed by atoms with van der Waals surface area (Å²) >= 11 is 0. The van der Waals surface area contributed by atoms with Gasteiger partial charge in [0.25, 0.3) is 0 Å². The van der Waals surface area contributed by atoms with Crippen molar-refractivity contribution in [3.8, 4) is 0 Å². The summed E-state index contributed by atoms with van der Waals surface area (Å²) in [5.41, 5.74) is 5.40. The Labute approximate surface area is 525 Å². The maximum Gasteiger partial charge on any atom is 0.472 e. The van der Waals surface area contributed by atoms with Gasteiger partial charge in [-0.15, -0.1) is 0 Å². The van der Waals surface area contributed by atoms with Crippen molar-refractivity contribution in [2.75, 3.05) is 26.4 Å². The molecule has 0 spiro atoms. The van der Waals surface area contributed by atoms with Crippen molar-refractivity contribution in [1.29, 1.82) is 0 Å². The highest BCUT2D eigenvalue weighted by atomic mass is 31.2. The first kappa shape index (κ1) is 81.9. The average molecular weight is 1210 g/mol. The molecule has 0 aromatic carbocycles. The molecule has 2 atom stereocenters. The molecule has 0 bridgehead atoms. The fourth-order valence-electron chi connectivity index (χ4n) is 10.2. The molecule has 0 fully saturated rings. The SMILES string of the molecule is CC/C=C\C/C=C\C/C=C\C/C=C\C/C=C\C/C=C\C/C=C\CCCCCCCCCCCC(=O)OC(COC(=O)CCCCCCCCCCCCCCCCCCCCCCC/C=C\CCCCCCCCCC)COP(=O)(O)OCCN. The van der Waals surface area contributed by atoms with Crippen LogP contribution in [0.4, 0.5) is 0 Å². The highest BCUT2D eigenvalue weighted by molar-refractivity contribution is 7.47. The van der Waals surface area contributed by atoms with Crippen LogP contribution in [0.15, 0.2) is 97.2 Å². The van der Waals surface area contributed by atoms with Crippen LogP contribution < -0.4 is 5.73 Å². The van der Waals surface area contributed by atoms with Crippen molar-refractivity contribution in [2.45, 2.75) is 341 Å². The van der Waals surface area contributed by atoms with Gasteiger partial charge in [0.1, 0.15) is 6.61 Å². The van der Waals surface area contributed by atoms with E-state index in [2.05, 4.69) is 111 Å². The number of allylic oxidation sites excluding steroid dienone is 16. The van der Waals surface area contributed by atoms with E-state index in [0.29, 0.717) is 6.42 Å². The van der Waals surface area contributed by atoms with E-state index >= 15 is 0 Å². The summed E-state index contributed by atoms with van der Waals surface area (Å²) in [4.78, 5) is 35.4. The van der Waals surface area contributed by atoms with Gasteiger partial charge in [0, 0.05) is 19.4 Å². The molecule has 0 rings (SSSR count). The average Bonchev–Trinajstić information content (AvgIpc) is 3.52. The van der Waals surface area contributed by atoms with Crippen molar-refractivity contribution < 1.29 is 37.6 Å². The Bertz CT molecular complexity index is 1720. The number of unbranched alkanes of at least 4 members (excludes halogenated alkanes) is 38. The molecule has 492 valence electrons. The summed E-state index contributed by atoms with van der Waals surface area (Å²) in [7, 11) is -4.40. The maximum atomic E-state index is 12.8. The minimum Gasteiger partial charge on any atom is -0.462 e. The van der Waals surface area contributed by atoms with Gasteiger partial charge in [0.2, 0.25) is 0 Å². The molecule has 0 radical (unpaired) electrons. The van der Waals surface area contributed by atoms with Gasteiger partial charge >= 0.3 is 19.8 Å². The van der Waals surface area contributed by atoms with Crippen molar-refractivity contribution in [3.63, 3.8) is 0 Å². The van der Waals surface area contributed by atoms with Gasteiger partial charge in [-0.25, -0.2) is 4.57 Å². The molecule has 3 N–H and O–H groups in total. The molecule has 0 heterocycles. The lowest BCUT2D eigenvalue weighted by Crippen LogP contribution is -2.29. The summed E-state index contributed by atoms with van der Waals surface area (Å²) < 4.78 is 33.2. The lowest BCUT2D eigenvalue weighted by molar-refractivity contribution is -0.161. The zero-order valence-electron chi connectivity index (χ0n) is 55.3. The number of hydrogen-bond donors (Lipinski definition) is 2. The van der Waals surface area contributed by atoms with Crippen LogP contribution in [0.2, 0.25) is 0 Å². The van der Waals surface area contributed by atoms with Gasteiger partial charge in [-0.05, 0) is 96.3 Å². The van der Waals surface area contributed by atoms with Crippen LogP contribution in [0.3, 0.4) is 0 Å². The lowest BCUT2D eigenvalue weighted by atomic mass is 10.0. The quantitative estimate of drug-likeness (QED) is 0.0264. The minimum atomic E-state index is -4.40. The first-order valence-corrected chi connectivity index (χ1v) is 37.2. The van der Waals surface area contributed by atoms with Gasteiger partial charge in [-0.1, -0.05) is 323 Å². The number of carbonyl (C=O) groups excluding carboxylic acids is 2. The van der Waals surface area contributed by atoms with E-state index in [1.54, 1.807) is 0 Å². The molecule has 2 unspecified atom stereocenters. The van der Waals surface area contributed by atoms with E-state index in [1.165, 1.54) is 212 Å². The number of ether oxygens (including phenoxy) is 2.